The second-order valence-corrected chi connectivity index (χ2v) is 8.38. The monoisotopic (exact) mass is 463 g/mol. The summed E-state index contributed by atoms with van der Waals surface area (Å²) in [5, 5.41) is 13.2. The highest BCUT2D eigenvalue weighted by molar-refractivity contribution is 5.95. The Balaban J connectivity index is 1.48. The molecule has 1 aromatic heterocycles. The molecule has 0 saturated carbocycles. The predicted molar refractivity (Wildman–Crippen MR) is 131 cm³/mol. The smallest absolute Gasteiger partial charge is 0.252 e. The lowest BCUT2D eigenvalue weighted by Gasteiger charge is -2.19. The number of oxazole rings is 1. The second kappa shape index (κ2) is 11.4. The average Bonchev–Trinajstić information content (AvgIpc) is 3.59. The molecule has 1 aliphatic heterocycles. The number of anilines is 1. The highest BCUT2D eigenvalue weighted by atomic mass is 19.1. The van der Waals surface area contributed by atoms with Gasteiger partial charge in [0.15, 0.2) is 5.76 Å². The normalized spacial score (nSPS) is 14.1. The van der Waals surface area contributed by atoms with E-state index >= 15 is 0 Å². The molecule has 2 aromatic carbocycles. The van der Waals surface area contributed by atoms with E-state index in [1.807, 2.05) is 48.5 Å². The molecule has 7 nitrogen and oxygen atoms in total. The number of hydrogen-bond donors (Lipinski definition) is 3. The van der Waals surface area contributed by atoms with Crippen molar-refractivity contribution in [3.05, 3.63) is 72.2 Å². The van der Waals surface area contributed by atoms with Gasteiger partial charge in [-0.2, -0.15) is 0 Å². The molecule has 0 bridgehead atoms. The molecule has 1 saturated heterocycles. The maximum atomic E-state index is 13.2. The molecular formula is C26H30FN5O2. The molecule has 0 aliphatic carbocycles. The number of halogens is 1. The van der Waals surface area contributed by atoms with Gasteiger partial charge in [-0.25, -0.2) is 9.37 Å². The molecule has 3 aromatic rings. The quantitative estimate of drug-likeness (QED) is 0.230. The summed E-state index contributed by atoms with van der Waals surface area (Å²) in [5.74, 6) is 0.698. The number of amidine groups is 1. The third-order valence-corrected chi connectivity index (χ3v) is 5.91. The van der Waals surface area contributed by atoms with Crippen molar-refractivity contribution in [2.75, 3.05) is 31.2 Å². The Kier molecular flexibility index (Phi) is 7.91. The minimum absolute atomic E-state index is 0.151. The summed E-state index contributed by atoms with van der Waals surface area (Å²) in [6, 6.07) is 16.9. The van der Waals surface area contributed by atoms with Crippen LogP contribution in [0.15, 0.2) is 65.2 Å². The van der Waals surface area contributed by atoms with Gasteiger partial charge in [0, 0.05) is 36.4 Å². The summed E-state index contributed by atoms with van der Waals surface area (Å²) in [5.41, 5.74) is 2.54. The van der Waals surface area contributed by atoms with Crippen LogP contribution in [-0.2, 0) is 0 Å². The lowest BCUT2D eigenvalue weighted by Crippen LogP contribution is -2.30. The number of nitrogens with one attached hydrogen (secondary N) is 3. The van der Waals surface area contributed by atoms with Gasteiger partial charge in [0.25, 0.3) is 5.91 Å². The van der Waals surface area contributed by atoms with Gasteiger partial charge in [0.2, 0.25) is 5.89 Å². The van der Waals surface area contributed by atoms with Gasteiger partial charge in [-0.1, -0.05) is 36.4 Å². The molecule has 34 heavy (non-hydrogen) atoms. The highest BCUT2D eigenvalue weighted by Gasteiger charge is 2.22. The molecular weight excluding hydrogens is 433 g/mol. The predicted octanol–water partition coefficient (Wildman–Crippen LogP) is 4.73. The molecule has 8 heteroatoms. The Morgan fingerprint density at radius 1 is 1.15 bits per heavy atom. The van der Waals surface area contributed by atoms with E-state index in [2.05, 4.69) is 20.5 Å². The van der Waals surface area contributed by atoms with Crippen LogP contribution in [0, 0.1) is 5.41 Å². The SMILES string of the molecule is N=C(CF)NCCCC(NC(=O)c1cccc(N2CCCC2)c1)c1ncc(-c2ccccc2)o1. The first kappa shape index (κ1) is 23.5. The maximum Gasteiger partial charge on any atom is 0.252 e. The number of amides is 1. The van der Waals surface area contributed by atoms with Gasteiger partial charge in [0.1, 0.15) is 18.6 Å². The standard InChI is InChI=1S/C26H30FN5O2/c27-17-24(28)29-13-7-12-22(26-30-18-23(34-26)19-8-2-1-3-9-19)31-25(33)20-10-6-11-21(16-20)32-14-4-5-15-32/h1-3,6,8-11,16,18,22H,4-5,7,12-15,17H2,(H2,28,29)(H,31,33). The topological polar surface area (TPSA) is 94.2 Å². The number of carbonyl (C=O) groups excluding carboxylic acids is 1. The van der Waals surface area contributed by atoms with E-state index in [-0.39, 0.29) is 11.7 Å². The van der Waals surface area contributed by atoms with E-state index in [1.165, 1.54) is 12.8 Å². The second-order valence-electron chi connectivity index (χ2n) is 8.38. The van der Waals surface area contributed by atoms with Crippen LogP contribution in [0.25, 0.3) is 11.3 Å². The minimum atomic E-state index is -0.826. The maximum absolute atomic E-state index is 13.2. The lowest BCUT2D eigenvalue weighted by atomic mass is 10.1. The number of benzene rings is 2. The van der Waals surface area contributed by atoms with Crippen molar-refractivity contribution in [1.29, 1.82) is 5.41 Å². The van der Waals surface area contributed by atoms with E-state index in [9.17, 15) is 9.18 Å². The molecule has 1 amide bonds. The Morgan fingerprint density at radius 2 is 1.94 bits per heavy atom. The van der Waals surface area contributed by atoms with Crippen molar-refractivity contribution in [3.63, 3.8) is 0 Å². The van der Waals surface area contributed by atoms with Gasteiger partial charge in [-0.15, -0.1) is 0 Å². The van der Waals surface area contributed by atoms with E-state index in [0.29, 0.717) is 36.6 Å². The largest absolute Gasteiger partial charge is 0.438 e. The number of rotatable bonds is 10. The first-order chi connectivity index (χ1) is 16.6. The zero-order valence-corrected chi connectivity index (χ0v) is 19.1. The van der Waals surface area contributed by atoms with Crippen molar-refractivity contribution >= 4 is 17.4 Å². The lowest BCUT2D eigenvalue weighted by molar-refractivity contribution is 0.0927. The van der Waals surface area contributed by atoms with E-state index in [0.717, 1.165) is 24.3 Å². The first-order valence-electron chi connectivity index (χ1n) is 11.7. The van der Waals surface area contributed by atoms with Crippen molar-refractivity contribution in [1.82, 2.24) is 15.6 Å². The summed E-state index contributed by atoms with van der Waals surface area (Å²) >= 11 is 0. The fourth-order valence-electron chi connectivity index (χ4n) is 4.10. The third kappa shape index (κ3) is 6.01. The first-order valence-corrected chi connectivity index (χ1v) is 11.7. The van der Waals surface area contributed by atoms with Crippen LogP contribution in [0.4, 0.5) is 10.1 Å². The summed E-state index contributed by atoms with van der Waals surface area (Å²) in [7, 11) is 0. The molecule has 1 fully saturated rings. The van der Waals surface area contributed by atoms with Crippen LogP contribution in [0.1, 0.15) is 48.0 Å². The number of hydrogen-bond acceptors (Lipinski definition) is 5. The molecule has 1 atom stereocenters. The van der Waals surface area contributed by atoms with E-state index in [1.54, 1.807) is 12.3 Å². The van der Waals surface area contributed by atoms with Gasteiger partial charge in [0.05, 0.1) is 6.20 Å². The summed E-state index contributed by atoms with van der Waals surface area (Å²) in [4.78, 5) is 19.9. The number of aromatic nitrogens is 1. The van der Waals surface area contributed by atoms with Crippen molar-refractivity contribution in [2.24, 2.45) is 0 Å². The van der Waals surface area contributed by atoms with Gasteiger partial charge < -0.3 is 20.0 Å². The minimum Gasteiger partial charge on any atom is -0.438 e. The van der Waals surface area contributed by atoms with Crippen LogP contribution < -0.4 is 15.5 Å². The summed E-state index contributed by atoms with van der Waals surface area (Å²) < 4.78 is 18.5. The van der Waals surface area contributed by atoms with Gasteiger partial charge in [-0.3, -0.25) is 10.2 Å². The van der Waals surface area contributed by atoms with Crippen molar-refractivity contribution < 1.29 is 13.6 Å². The molecule has 178 valence electrons. The molecule has 0 spiro atoms. The van der Waals surface area contributed by atoms with Crippen LogP contribution in [-0.4, -0.2) is 43.0 Å². The Morgan fingerprint density at radius 3 is 2.71 bits per heavy atom. The number of carbonyl (C=O) groups is 1. The van der Waals surface area contributed by atoms with Gasteiger partial charge >= 0.3 is 0 Å². The average molecular weight is 464 g/mol. The molecule has 1 unspecified atom stereocenters. The van der Waals surface area contributed by atoms with E-state index < -0.39 is 12.7 Å². The fraction of sp³-hybridized carbons (Fsp3) is 0.346. The van der Waals surface area contributed by atoms with Crippen molar-refractivity contribution in [3.8, 4) is 11.3 Å². The highest BCUT2D eigenvalue weighted by Crippen LogP contribution is 2.26. The zero-order valence-electron chi connectivity index (χ0n) is 19.1. The van der Waals surface area contributed by atoms with Crippen LogP contribution in [0.2, 0.25) is 0 Å². The summed E-state index contributed by atoms with van der Waals surface area (Å²) in [6.07, 6.45) is 5.12. The third-order valence-electron chi connectivity index (χ3n) is 5.91. The van der Waals surface area contributed by atoms with Crippen molar-refractivity contribution in [2.45, 2.75) is 31.7 Å². The molecule has 2 heterocycles. The Labute approximate surface area is 198 Å². The Bertz CT molecular complexity index is 1100. The van der Waals surface area contributed by atoms with Crippen LogP contribution in [0.5, 0.6) is 0 Å². The molecule has 1 aliphatic rings. The van der Waals surface area contributed by atoms with Gasteiger partial charge in [-0.05, 0) is 43.9 Å². The summed E-state index contributed by atoms with van der Waals surface area (Å²) in [6.45, 7) is 1.61. The van der Waals surface area contributed by atoms with E-state index in [4.69, 9.17) is 9.83 Å². The zero-order chi connectivity index (χ0) is 23.8. The van der Waals surface area contributed by atoms with Crippen LogP contribution in [0.3, 0.4) is 0 Å². The molecule has 3 N–H and O–H groups in total. The van der Waals surface area contributed by atoms with Crippen LogP contribution >= 0.6 is 0 Å². The fourth-order valence-corrected chi connectivity index (χ4v) is 4.10. The number of alkyl halides is 1. The number of nitrogens with zero attached hydrogens (tertiary/aromatic N) is 2. The molecule has 4 rings (SSSR count). The molecule has 0 radical (unpaired) electrons. The Hall–Kier alpha value is -3.68.